The lowest BCUT2D eigenvalue weighted by molar-refractivity contribution is -0.140. The van der Waals surface area contributed by atoms with E-state index in [1.807, 2.05) is 0 Å². The van der Waals surface area contributed by atoms with Gasteiger partial charge in [-0.05, 0) is 69.7 Å². The van der Waals surface area contributed by atoms with Gasteiger partial charge in [0, 0.05) is 18.0 Å². The maximum absolute atomic E-state index is 13.0. The minimum atomic E-state index is 0.236. The second-order valence-electron chi connectivity index (χ2n) is 7.42. The molecule has 0 unspecified atom stereocenters. The van der Waals surface area contributed by atoms with Crippen molar-refractivity contribution in [3.8, 4) is 0 Å². The summed E-state index contributed by atoms with van der Waals surface area (Å²) >= 11 is 0. The first-order valence-corrected chi connectivity index (χ1v) is 8.73. The van der Waals surface area contributed by atoms with Gasteiger partial charge in [0.2, 0.25) is 5.91 Å². The van der Waals surface area contributed by atoms with Gasteiger partial charge >= 0.3 is 0 Å². The highest BCUT2D eigenvalue weighted by molar-refractivity contribution is 5.80. The molecule has 1 amide bonds. The number of hydrogen-bond donors (Lipinski definition) is 1. The van der Waals surface area contributed by atoms with Crippen molar-refractivity contribution in [3.05, 3.63) is 0 Å². The summed E-state index contributed by atoms with van der Waals surface area (Å²) in [7, 11) is 0. The molecule has 3 nitrogen and oxygen atoms in total. The number of nitrogens with two attached hydrogens (primary N) is 1. The van der Waals surface area contributed by atoms with Gasteiger partial charge in [-0.25, -0.2) is 0 Å². The Hall–Kier alpha value is -0.570. The van der Waals surface area contributed by atoms with Crippen molar-refractivity contribution in [2.24, 2.45) is 23.5 Å². The summed E-state index contributed by atoms with van der Waals surface area (Å²) in [5.41, 5.74) is 5.88. The van der Waals surface area contributed by atoms with Crippen molar-refractivity contribution in [2.45, 2.75) is 76.8 Å². The van der Waals surface area contributed by atoms with E-state index in [4.69, 9.17) is 5.73 Å². The fourth-order valence-electron chi connectivity index (χ4n) is 4.37. The van der Waals surface area contributed by atoms with Crippen LogP contribution in [0.2, 0.25) is 0 Å². The van der Waals surface area contributed by atoms with Crippen LogP contribution in [0.1, 0.15) is 64.7 Å². The van der Waals surface area contributed by atoms with Crippen LogP contribution in [0.25, 0.3) is 0 Å². The molecule has 0 heterocycles. The zero-order chi connectivity index (χ0) is 14.1. The van der Waals surface area contributed by atoms with Crippen molar-refractivity contribution < 1.29 is 4.79 Å². The molecule has 0 spiro atoms. The van der Waals surface area contributed by atoms with Crippen molar-refractivity contribution >= 4 is 5.91 Å². The van der Waals surface area contributed by atoms with Gasteiger partial charge in [-0.2, -0.15) is 0 Å². The number of carbonyl (C=O) groups is 1. The lowest BCUT2D eigenvalue weighted by Crippen LogP contribution is -2.47. The van der Waals surface area contributed by atoms with E-state index in [2.05, 4.69) is 11.8 Å². The van der Waals surface area contributed by atoms with E-state index in [9.17, 15) is 4.79 Å². The molecule has 3 rings (SSSR count). The number of nitrogens with zero attached hydrogens (tertiary/aromatic N) is 1. The van der Waals surface area contributed by atoms with Crippen molar-refractivity contribution in [1.29, 1.82) is 0 Å². The van der Waals surface area contributed by atoms with Gasteiger partial charge in [-0.3, -0.25) is 4.79 Å². The second kappa shape index (κ2) is 6.05. The Morgan fingerprint density at radius 3 is 2.15 bits per heavy atom. The summed E-state index contributed by atoms with van der Waals surface area (Å²) in [4.78, 5) is 15.4. The van der Waals surface area contributed by atoms with E-state index in [1.54, 1.807) is 0 Å². The highest BCUT2D eigenvalue weighted by Crippen LogP contribution is 2.40. The van der Waals surface area contributed by atoms with Crippen molar-refractivity contribution in [3.63, 3.8) is 0 Å². The zero-order valence-corrected chi connectivity index (χ0v) is 12.9. The fraction of sp³-hybridized carbons (Fsp3) is 0.941. The molecule has 0 aromatic carbocycles. The lowest BCUT2D eigenvalue weighted by atomic mass is 9.85. The minimum Gasteiger partial charge on any atom is -0.336 e. The topological polar surface area (TPSA) is 46.3 Å². The molecule has 3 saturated carbocycles. The molecule has 0 aromatic rings. The molecule has 0 aromatic heterocycles. The Bertz CT molecular complexity index is 345. The van der Waals surface area contributed by atoms with Crippen LogP contribution < -0.4 is 5.73 Å². The quantitative estimate of drug-likeness (QED) is 0.859. The third-order valence-corrected chi connectivity index (χ3v) is 5.85. The molecule has 2 atom stereocenters. The minimum absolute atomic E-state index is 0.236. The summed E-state index contributed by atoms with van der Waals surface area (Å²) < 4.78 is 0. The molecule has 3 heteroatoms. The predicted octanol–water partition coefficient (Wildman–Crippen LogP) is 2.93. The second-order valence-corrected chi connectivity index (χ2v) is 7.42. The molecular formula is C17H30N2O. The Morgan fingerprint density at radius 2 is 1.60 bits per heavy atom. The van der Waals surface area contributed by atoms with E-state index in [1.165, 1.54) is 44.9 Å². The number of carbonyl (C=O) groups excluding carboxylic acids is 1. The third kappa shape index (κ3) is 2.88. The predicted molar refractivity (Wildman–Crippen MR) is 81.2 cm³/mol. The molecule has 3 aliphatic carbocycles. The Labute approximate surface area is 123 Å². The normalized spacial score (nSPS) is 37.9. The van der Waals surface area contributed by atoms with Crippen LogP contribution in [-0.4, -0.2) is 29.4 Å². The van der Waals surface area contributed by atoms with Crippen molar-refractivity contribution in [2.75, 3.05) is 6.54 Å². The van der Waals surface area contributed by atoms with Gasteiger partial charge in [-0.15, -0.1) is 0 Å². The zero-order valence-electron chi connectivity index (χ0n) is 12.9. The van der Waals surface area contributed by atoms with Crippen LogP contribution in [0, 0.1) is 17.8 Å². The van der Waals surface area contributed by atoms with Gasteiger partial charge in [0.15, 0.2) is 0 Å². The number of hydrogen-bond acceptors (Lipinski definition) is 2. The van der Waals surface area contributed by atoms with E-state index in [-0.39, 0.29) is 5.92 Å². The molecule has 3 fully saturated rings. The third-order valence-electron chi connectivity index (χ3n) is 5.85. The summed E-state index contributed by atoms with van der Waals surface area (Å²) in [5.74, 6) is 2.00. The molecule has 114 valence electrons. The number of amides is 1. The summed E-state index contributed by atoms with van der Waals surface area (Å²) in [5, 5.41) is 0. The largest absolute Gasteiger partial charge is 0.336 e. The van der Waals surface area contributed by atoms with Gasteiger partial charge in [0.1, 0.15) is 0 Å². The first-order chi connectivity index (χ1) is 9.70. The monoisotopic (exact) mass is 278 g/mol. The highest BCUT2D eigenvalue weighted by atomic mass is 16.2. The van der Waals surface area contributed by atoms with Gasteiger partial charge in [-0.1, -0.05) is 13.3 Å². The van der Waals surface area contributed by atoms with E-state index < -0.39 is 0 Å². The molecule has 2 N–H and O–H groups in total. The molecule has 0 saturated heterocycles. The summed E-state index contributed by atoms with van der Waals surface area (Å²) in [6.45, 7) is 3.04. The molecular weight excluding hydrogens is 248 g/mol. The van der Waals surface area contributed by atoms with E-state index in [0.717, 1.165) is 18.8 Å². The number of rotatable bonds is 4. The summed E-state index contributed by atoms with van der Waals surface area (Å²) in [6.07, 6.45) is 10.9. The Kier molecular flexibility index (Phi) is 4.34. The summed E-state index contributed by atoms with van der Waals surface area (Å²) in [6, 6.07) is 1.10. The molecule has 20 heavy (non-hydrogen) atoms. The maximum Gasteiger partial charge on any atom is 0.226 e. The van der Waals surface area contributed by atoms with Crippen LogP contribution >= 0.6 is 0 Å². The van der Waals surface area contributed by atoms with Gasteiger partial charge in [0.05, 0.1) is 0 Å². The lowest BCUT2D eigenvalue weighted by Gasteiger charge is -2.38. The van der Waals surface area contributed by atoms with Crippen LogP contribution in [0.4, 0.5) is 0 Å². The fourth-order valence-corrected chi connectivity index (χ4v) is 4.37. The van der Waals surface area contributed by atoms with Crippen LogP contribution in [0.5, 0.6) is 0 Å². The standard InChI is InChI=1S/C17H30N2O/c1-12-5-7-14(8-6-12)19(15-9-10-15)17(20)16-4-2-3-13(16)11-18/h12-16H,2-11,18H2,1H3/t12?,13-,14?,16-/m1/s1. The van der Waals surface area contributed by atoms with E-state index >= 15 is 0 Å². The van der Waals surface area contributed by atoms with Crippen LogP contribution in [-0.2, 0) is 4.79 Å². The van der Waals surface area contributed by atoms with Crippen molar-refractivity contribution in [1.82, 2.24) is 4.90 Å². The smallest absolute Gasteiger partial charge is 0.226 e. The highest BCUT2D eigenvalue weighted by Gasteiger charge is 2.43. The molecule has 0 bridgehead atoms. The first-order valence-electron chi connectivity index (χ1n) is 8.73. The molecule has 3 aliphatic rings. The van der Waals surface area contributed by atoms with Gasteiger partial charge in [0.25, 0.3) is 0 Å². The van der Waals surface area contributed by atoms with Gasteiger partial charge < -0.3 is 10.6 Å². The Morgan fingerprint density at radius 1 is 1.00 bits per heavy atom. The molecule has 0 aliphatic heterocycles. The average molecular weight is 278 g/mol. The van der Waals surface area contributed by atoms with Crippen LogP contribution in [0.3, 0.4) is 0 Å². The average Bonchev–Trinajstić information content (AvgIpc) is 3.17. The SMILES string of the molecule is CC1CCC(N(C(=O)[C@@H]2CCC[C@@H]2CN)C2CC2)CC1. The molecule has 0 radical (unpaired) electrons. The Balaban J connectivity index is 1.68. The maximum atomic E-state index is 13.0. The van der Waals surface area contributed by atoms with Crippen LogP contribution in [0.15, 0.2) is 0 Å². The first kappa shape index (κ1) is 14.4. The van der Waals surface area contributed by atoms with E-state index in [0.29, 0.717) is 30.5 Å².